The van der Waals surface area contributed by atoms with Crippen molar-refractivity contribution in [1.29, 1.82) is 0 Å². The largest absolute Gasteiger partial charge is 0.370 e. The molecule has 3 nitrogen and oxygen atoms in total. The Kier molecular flexibility index (Phi) is 5.03. The first-order valence-corrected chi connectivity index (χ1v) is 5.82. The smallest absolute Gasteiger partial charge is 0.192 e. The lowest BCUT2D eigenvalue weighted by molar-refractivity contribution is 0.427. The van der Waals surface area contributed by atoms with Crippen LogP contribution >= 0.6 is 0 Å². The zero-order chi connectivity index (χ0) is 11.1. The zero-order valence-corrected chi connectivity index (χ0v) is 9.58. The molecule has 1 aliphatic heterocycles. The molecule has 2 N–H and O–H groups in total. The highest BCUT2D eigenvalue weighted by Gasteiger charge is 2.11. The molecule has 1 rings (SSSR count). The van der Waals surface area contributed by atoms with E-state index in [1.54, 1.807) is 0 Å². The molecule has 1 unspecified atom stereocenters. The maximum atomic E-state index is 5.95. The van der Waals surface area contributed by atoms with Crippen LogP contribution in [0.5, 0.6) is 0 Å². The average Bonchev–Trinajstić information content (AvgIpc) is 2.54. The maximum Gasteiger partial charge on any atom is 0.192 e. The van der Waals surface area contributed by atoms with Crippen LogP contribution in [0.3, 0.4) is 0 Å². The van der Waals surface area contributed by atoms with Crippen LogP contribution in [0, 0.1) is 12.3 Å². The predicted octanol–water partition coefficient (Wildman–Crippen LogP) is 1.59. The number of hydrogen-bond donors (Lipinski definition) is 1. The lowest BCUT2D eigenvalue weighted by Gasteiger charge is -2.21. The topological polar surface area (TPSA) is 41.6 Å². The lowest BCUT2D eigenvalue weighted by atomic mass is 10.2. The molecule has 15 heavy (non-hydrogen) atoms. The molecule has 0 spiro atoms. The fraction of sp³-hybridized carbons (Fsp3) is 0.750. The third-order valence-electron chi connectivity index (χ3n) is 2.80. The first kappa shape index (κ1) is 11.9. The van der Waals surface area contributed by atoms with Gasteiger partial charge in [-0.15, -0.1) is 6.42 Å². The molecule has 0 bridgehead atoms. The van der Waals surface area contributed by atoms with Crippen LogP contribution in [0.4, 0.5) is 0 Å². The van der Waals surface area contributed by atoms with E-state index in [0.29, 0.717) is 5.96 Å². The van der Waals surface area contributed by atoms with Crippen molar-refractivity contribution in [2.75, 3.05) is 13.1 Å². The highest BCUT2D eigenvalue weighted by molar-refractivity contribution is 5.78. The Bertz CT molecular complexity index is 244. The van der Waals surface area contributed by atoms with Gasteiger partial charge in [-0.3, -0.25) is 0 Å². The summed E-state index contributed by atoms with van der Waals surface area (Å²) in [6.07, 6.45) is 11.2. The fourth-order valence-corrected chi connectivity index (χ4v) is 1.79. The summed E-state index contributed by atoms with van der Waals surface area (Å²) in [5, 5.41) is 0. The Labute approximate surface area is 92.7 Å². The van der Waals surface area contributed by atoms with Crippen molar-refractivity contribution in [3.63, 3.8) is 0 Å². The number of aliphatic imine (C=N–C) groups is 1. The molecule has 84 valence electrons. The van der Waals surface area contributed by atoms with Crippen molar-refractivity contribution in [2.45, 2.75) is 45.1 Å². The Hall–Kier alpha value is -1.17. The number of terminal acetylenes is 1. The molecular weight excluding hydrogens is 186 g/mol. The molecule has 0 aromatic rings. The Morgan fingerprint density at radius 2 is 2.00 bits per heavy atom. The van der Waals surface area contributed by atoms with Gasteiger partial charge in [0, 0.05) is 13.1 Å². The van der Waals surface area contributed by atoms with Crippen molar-refractivity contribution in [3.8, 4) is 12.3 Å². The first-order valence-electron chi connectivity index (χ1n) is 5.82. The predicted molar refractivity (Wildman–Crippen MR) is 64.6 cm³/mol. The second-order valence-electron chi connectivity index (χ2n) is 3.98. The molecule has 1 fully saturated rings. The van der Waals surface area contributed by atoms with Gasteiger partial charge >= 0.3 is 0 Å². The van der Waals surface area contributed by atoms with Crippen LogP contribution in [-0.2, 0) is 0 Å². The number of likely N-dealkylation sites (tertiary alicyclic amines) is 1. The SMILES string of the molecule is C#CC(CC)N=C(N)N1CCCCCC1. The highest BCUT2D eigenvalue weighted by Crippen LogP contribution is 2.09. The highest BCUT2D eigenvalue weighted by atomic mass is 15.3. The minimum atomic E-state index is -0.0618. The molecule has 3 heteroatoms. The Balaban J connectivity index is 2.56. The van der Waals surface area contributed by atoms with Gasteiger partial charge in [0.2, 0.25) is 0 Å². The second kappa shape index (κ2) is 6.34. The van der Waals surface area contributed by atoms with Crippen LogP contribution < -0.4 is 5.73 Å². The normalized spacial score (nSPS) is 20.5. The minimum absolute atomic E-state index is 0.0618. The van der Waals surface area contributed by atoms with Gasteiger partial charge in [-0.1, -0.05) is 25.7 Å². The van der Waals surface area contributed by atoms with E-state index in [2.05, 4.69) is 15.8 Å². The van der Waals surface area contributed by atoms with E-state index in [-0.39, 0.29) is 6.04 Å². The molecule has 0 saturated carbocycles. The molecule has 0 radical (unpaired) electrons. The maximum absolute atomic E-state index is 5.95. The number of hydrogen-bond acceptors (Lipinski definition) is 1. The standard InChI is InChI=1S/C12H21N3/c1-3-11(4-2)14-12(13)15-9-7-5-6-8-10-15/h1,11H,4-10H2,2H3,(H2,13,14). The zero-order valence-electron chi connectivity index (χ0n) is 9.58. The lowest BCUT2D eigenvalue weighted by Crippen LogP contribution is -2.38. The van der Waals surface area contributed by atoms with Gasteiger partial charge in [0.05, 0.1) is 0 Å². The van der Waals surface area contributed by atoms with E-state index in [0.717, 1.165) is 19.5 Å². The van der Waals surface area contributed by atoms with Gasteiger partial charge in [-0.2, -0.15) is 0 Å². The van der Waals surface area contributed by atoms with Gasteiger partial charge in [-0.05, 0) is 19.3 Å². The van der Waals surface area contributed by atoms with Crippen molar-refractivity contribution in [2.24, 2.45) is 10.7 Å². The van der Waals surface area contributed by atoms with Crippen molar-refractivity contribution in [1.82, 2.24) is 4.90 Å². The van der Waals surface area contributed by atoms with E-state index in [9.17, 15) is 0 Å². The average molecular weight is 207 g/mol. The summed E-state index contributed by atoms with van der Waals surface area (Å²) in [6.45, 7) is 4.08. The molecule has 0 aromatic carbocycles. The van der Waals surface area contributed by atoms with Gasteiger partial charge in [0.1, 0.15) is 6.04 Å². The van der Waals surface area contributed by atoms with Crippen molar-refractivity contribution in [3.05, 3.63) is 0 Å². The quantitative estimate of drug-likeness (QED) is 0.424. The van der Waals surface area contributed by atoms with Crippen LogP contribution in [0.2, 0.25) is 0 Å². The van der Waals surface area contributed by atoms with Gasteiger partial charge < -0.3 is 10.6 Å². The molecule has 1 aliphatic rings. The van der Waals surface area contributed by atoms with Crippen molar-refractivity contribution < 1.29 is 0 Å². The molecule has 1 saturated heterocycles. The van der Waals surface area contributed by atoms with E-state index in [1.807, 2.05) is 6.92 Å². The molecule has 1 heterocycles. The van der Waals surface area contributed by atoms with E-state index in [1.165, 1.54) is 25.7 Å². The first-order chi connectivity index (χ1) is 7.27. The molecular formula is C12H21N3. The fourth-order valence-electron chi connectivity index (χ4n) is 1.79. The van der Waals surface area contributed by atoms with Crippen LogP contribution in [0.1, 0.15) is 39.0 Å². The summed E-state index contributed by atoms with van der Waals surface area (Å²) < 4.78 is 0. The van der Waals surface area contributed by atoms with Crippen LogP contribution in [0.15, 0.2) is 4.99 Å². The summed E-state index contributed by atoms with van der Waals surface area (Å²) in [7, 11) is 0. The Morgan fingerprint density at radius 3 is 2.47 bits per heavy atom. The molecule has 0 amide bonds. The van der Waals surface area contributed by atoms with Crippen molar-refractivity contribution >= 4 is 5.96 Å². The van der Waals surface area contributed by atoms with E-state index >= 15 is 0 Å². The van der Waals surface area contributed by atoms with Gasteiger partial charge in [0.15, 0.2) is 5.96 Å². The third-order valence-corrected chi connectivity index (χ3v) is 2.80. The van der Waals surface area contributed by atoms with Crippen LogP contribution in [-0.4, -0.2) is 30.0 Å². The van der Waals surface area contributed by atoms with E-state index < -0.39 is 0 Å². The minimum Gasteiger partial charge on any atom is -0.370 e. The summed E-state index contributed by atoms with van der Waals surface area (Å²) in [6, 6.07) is -0.0618. The van der Waals surface area contributed by atoms with Gasteiger partial charge in [0.25, 0.3) is 0 Å². The molecule has 0 aliphatic carbocycles. The Morgan fingerprint density at radius 1 is 1.40 bits per heavy atom. The molecule has 1 atom stereocenters. The summed E-state index contributed by atoms with van der Waals surface area (Å²) >= 11 is 0. The number of nitrogens with two attached hydrogens (primary N) is 1. The summed E-state index contributed by atoms with van der Waals surface area (Å²) in [5.74, 6) is 3.27. The summed E-state index contributed by atoms with van der Waals surface area (Å²) in [5.41, 5.74) is 5.95. The van der Waals surface area contributed by atoms with Gasteiger partial charge in [-0.25, -0.2) is 4.99 Å². The number of nitrogens with zero attached hydrogens (tertiary/aromatic N) is 2. The second-order valence-corrected chi connectivity index (χ2v) is 3.98. The monoisotopic (exact) mass is 207 g/mol. The molecule has 0 aromatic heterocycles. The van der Waals surface area contributed by atoms with Crippen LogP contribution in [0.25, 0.3) is 0 Å². The number of rotatable bonds is 2. The summed E-state index contributed by atoms with van der Waals surface area (Å²) in [4.78, 5) is 6.52. The number of guanidine groups is 1. The van der Waals surface area contributed by atoms with E-state index in [4.69, 9.17) is 12.2 Å². The third kappa shape index (κ3) is 3.83.